The molecule has 0 aliphatic heterocycles. The third kappa shape index (κ3) is 2.46. The highest BCUT2D eigenvalue weighted by molar-refractivity contribution is 5.71. The van der Waals surface area contributed by atoms with Crippen molar-refractivity contribution < 1.29 is 4.74 Å². The summed E-state index contributed by atoms with van der Waals surface area (Å²) in [6.45, 7) is 7.78. The third-order valence-electron chi connectivity index (χ3n) is 2.30. The van der Waals surface area contributed by atoms with Gasteiger partial charge in [0.05, 0.1) is 12.8 Å². The molecule has 1 rings (SSSR count). The largest absolute Gasteiger partial charge is 0.496 e. The van der Waals surface area contributed by atoms with E-state index < -0.39 is 0 Å². The molecule has 0 fully saturated rings. The normalized spacial score (nSPS) is 10.6. The number of methoxy groups -OCH3 is 1. The van der Waals surface area contributed by atoms with Gasteiger partial charge in [0, 0.05) is 11.8 Å². The number of rotatable bonds is 4. The molecule has 0 bridgehead atoms. The van der Waals surface area contributed by atoms with E-state index in [2.05, 4.69) is 24.6 Å². The van der Waals surface area contributed by atoms with Crippen molar-refractivity contribution in [3.05, 3.63) is 29.8 Å². The molecular weight excluding hydrogens is 186 g/mol. The van der Waals surface area contributed by atoms with Gasteiger partial charge in [0.1, 0.15) is 5.75 Å². The zero-order valence-corrected chi connectivity index (χ0v) is 9.58. The first-order valence-corrected chi connectivity index (χ1v) is 5.08. The van der Waals surface area contributed by atoms with Gasteiger partial charge in [-0.1, -0.05) is 19.6 Å². The second-order valence-electron chi connectivity index (χ2n) is 3.17. The van der Waals surface area contributed by atoms with Gasteiger partial charge >= 0.3 is 0 Å². The van der Waals surface area contributed by atoms with Gasteiger partial charge in [0.2, 0.25) is 0 Å². The third-order valence-corrected chi connectivity index (χ3v) is 2.30. The predicted molar refractivity (Wildman–Crippen MR) is 66.3 cm³/mol. The molecule has 0 atom stereocenters. The molecule has 0 N–H and O–H groups in total. The van der Waals surface area contributed by atoms with Crippen molar-refractivity contribution in [2.75, 3.05) is 7.11 Å². The van der Waals surface area contributed by atoms with Crippen LogP contribution in [0.4, 0.5) is 5.69 Å². The Bertz CT molecular complexity index is 380. The summed E-state index contributed by atoms with van der Waals surface area (Å²) in [6.07, 6.45) is 4.52. The summed E-state index contributed by atoms with van der Waals surface area (Å²) in [4.78, 5) is 4.31. The van der Waals surface area contributed by atoms with Crippen molar-refractivity contribution in [1.29, 1.82) is 0 Å². The molecule has 0 aromatic heterocycles. The van der Waals surface area contributed by atoms with Crippen molar-refractivity contribution in [2.24, 2.45) is 4.99 Å². The minimum atomic E-state index is 0.905. The lowest BCUT2D eigenvalue weighted by atomic mass is 10.1. The topological polar surface area (TPSA) is 21.6 Å². The predicted octanol–water partition coefficient (Wildman–Crippen LogP) is 3.62. The second-order valence-corrected chi connectivity index (χ2v) is 3.17. The summed E-state index contributed by atoms with van der Waals surface area (Å²) >= 11 is 0. The molecule has 0 aliphatic carbocycles. The zero-order valence-electron chi connectivity index (χ0n) is 9.58. The van der Waals surface area contributed by atoms with Crippen LogP contribution in [0.3, 0.4) is 0 Å². The van der Waals surface area contributed by atoms with Crippen LogP contribution in [0.15, 0.2) is 23.7 Å². The van der Waals surface area contributed by atoms with Crippen molar-refractivity contribution >= 4 is 18.0 Å². The van der Waals surface area contributed by atoms with Gasteiger partial charge in [-0.3, -0.25) is 4.99 Å². The van der Waals surface area contributed by atoms with Crippen LogP contribution in [0.1, 0.15) is 25.0 Å². The van der Waals surface area contributed by atoms with Gasteiger partial charge in [0.15, 0.2) is 0 Å². The number of hydrogen-bond acceptors (Lipinski definition) is 2. The smallest absolute Gasteiger partial charge is 0.122 e. The number of aryl methyl sites for hydroxylation is 1. The highest BCUT2D eigenvalue weighted by Gasteiger charge is 2.06. The Morgan fingerprint density at radius 2 is 2.20 bits per heavy atom. The Hall–Kier alpha value is -1.57. The fourth-order valence-electron chi connectivity index (χ4n) is 1.51. The molecule has 1 aromatic rings. The average Bonchev–Trinajstić information content (AvgIpc) is 2.28. The van der Waals surface area contributed by atoms with E-state index in [1.165, 1.54) is 5.56 Å². The van der Waals surface area contributed by atoms with Crippen molar-refractivity contribution in [3.63, 3.8) is 0 Å². The van der Waals surface area contributed by atoms with Crippen LogP contribution in [0.25, 0.3) is 6.08 Å². The SMILES string of the molecule is C=Cc1cc(OC)c(CC)cc1N=CC. The van der Waals surface area contributed by atoms with E-state index in [1.807, 2.05) is 13.0 Å². The Morgan fingerprint density at radius 1 is 1.47 bits per heavy atom. The highest BCUT2D eigenvalue weighted by Crippen LogP contribution is 2.30. The first-order chi connectivity index (χ1) is 7.26. The molecular formula is C13H17NO. The van der Waals surface area contributed by atoms with Crippen LogP contribution in [0, 0.1) is 0 Å². The number of hydrogen-bond donors (Lipinski definition) is 0. The molecule has 2 nitrogen and oxygen atoms in total. The Labute approximate surface area is 91.3 Å². The van der Waals surface area contributed by atoms with E-state index in [0.29, 0.717) is 0 Å². The lowest BCUT2D eigenvalue weighted by molar-refractivity contribution is 0.410. The van der Waals surface area contributed by atoms with Gasteiger partial charge < -0.3 is 4.74 Å². The maximum atomic E-state index is 5.31. The molecule has 0 saturated heterocycles. The van der Waals surface area contributed by atoms with E-state index in [4.69, 9.17) is 4.74 Å². The zero-order chi connectivity index (χ0) is 11.3. The van der Waals surface area contributed by atoms with Crippen LogP contribution in [0.2, 0.25) is 0 Å². The second kappa shape index (κ2) is 5.35. The monoisotopic (exact) mass is 203 g/mol. The van der Waals surface area contributed by atoms with E-state index in [9.17, 15) is 0 Å². The lowest BCUT2D eigenvalue weighted by Gasteiger charge is -2.10. The molecule has 0 spiro atoms. The summed E-state index contributed by atoms with van der Waals surface area (Å²) in [5.74, 6) is 0.905. The average molecular weight is 203 g/mol. The van der Waals surface area contributed by atoms with Crippen LogP contribution in [-0.4, -0.2) is 13.3 Å². The Kier molecular flexibility index (Phi) is 4.10. The fourth-order valence-corrected chi connectivity index (χ4v) is 1.51. The molecule has 1 aromatic carbocycles. The van der Waals surface area contributed by atoms with Crippen LogP contribution < -0.4 is 4.74 Å². The molecule has 0 aliphatic rings. The van der Waals surface area contributed by atoms with Gasteiger partial charge in [0.25, 0.3) is 0 Å². The maximum absolute atomic E-state index is 5.31. The molecule has 0 unspecified atom stereocenters. The quantitative estimate of drug-likeness (QED) is 0.685. The first-order valence-electron chi connectivity index (χ1n) is 5.08. The van der Waals surface area contributed by atoms with Gasteiger partial charge in [-0.25, -0.2) is 0 Å². The van der Waals surface area contributed by atoms with Crippen molar-refractivity contribution in [1.82, 2.24) is 0 Å². The van der Waals surface area contributed by atoms with Gasteiger partial charge in [-0.2, -0.15) is 0 Å². The first kappa shape index (κ1) is 11.5. The Balaban J connectivity index is 3.33. The number of nitrogens with zero attached hydrogens (tertiary/aromatic N) is 1. The summed E-state index contributed by atoms with van der Waals surface area (Å²) in [5.41, 5.74) is 3.12. The molecule has 0 amide bonds. The number of benzene rings is 1. The number of ether oxygens (including phenoxy) is 1. The highest BCUT2D eigenvalue weighted by atomic mass is 16.5. The van der Waals surface area contributed by atoms with E-state index in [1.54, 1.807) is 19.4 Å². The van der Waals surface area contributed by atoms with E-state index >= 15 is 0 Å². The maximum Gasteiger partial charge on any atom is 0.122 e. The van der Waals surface area contributed by atoms with Gasteiger partial charge in [-0.05, 0) is 31.0 Å². The van der Waals surface area contributed by atoms with Crippen LogP contribution in [0.5, 0.6) is 5.75 Å². The standard InChI is InChI=1S/C13H17NO/c1-5-10-9-13(15-4)11(6-2)8-12(10)14-7-3/h5,7-9H,1,6H2,2-4H3. The van der Waals surface area contributed by atoms with Crippen LogP contribution >= 0.6 is 0 Å². The van der Waals surface area contributed by atoms with Crippen LogP contribution in [-0.2, 0) is 6.42 Å². The summed E-state index contributed by atoms with van der Waals surface area (Å²) < 4.78 is 5.31. The minimum absolute atomic E-state index is 0.905. The van der Waals surface area contributed by atoms with Crippen molar-refractivity contribution in [2.45, 2.75) is 20.3 Å². The number of aliphatic imine (C=N–C) groups is 1. The van der Waals surface area contributed by atoms with Crippen molar-refractivity contribution in [3.8, 4) is 5.75 Å². The van der Waals surface area contributed by atoms with E-state index in [-0.39, 0.29) is 0 Å². The molecule has 2 heteroatoms. The molecule has 0 radical (unpaired) electrons. The lowest BCUT2D eigenvalue weighted by Crippen LogP contribution is -1.91. The van der Waals surface area contributed by atoms with E-state index in [0.717, 1.165) is 23.4 Å². The molecule has 15 heavy (non-hydrogen) atoms. The summed E-state index contributed by atoms with van der Waals surface area (Å²) in [5, 5.41) is 0. The molecule has 80 valence electrons. The molecule has 0 heterocycles. The Morgan fingerprint density at radius 3 is 2.67 bits per heavy atom. The minimum Gasteiger partial charge on any atom is -0.496 e. The summed E-state index contributed by atoms with van der Waals surface area (Å²) in [6, 6.07) is 4.03. The summed E-state index contributed by atoms with van der Waals surface area (Å²) in [7, 11) is 1.68. The molecule has 0 saturated carbocycles. The van der Waals surface area contributed by atoms with Gasteiger partial charge in [-0.15, -0.1) is 0 Å². The fraction of sp³-hybridized carbons (Fsp3) is 0.308.